The highest BCUT2D eigenvalue weighted by Crippen LogP contribution is 2.17. The number of hydrogen-bond donors (Lipinski definition) is 3. The summed E-state index contributed by atoms with van der Waals surface area (Å²) < 4.78 is 5.47. The summed E-state index contributed by atoms with van der Waals surface area (Å²) in [6.07, 6.45) is 65.9. The maximum atomic E-state index is 12.5. The fraction of sp³-hybridized carbons (Fsp3) is 0.898. The van der Waals surface area contributed by atoms with Crippen LogP contribution in [0.2, 0.25) is 0 Å². The van der Waals surface area contributed by atoms with Crippen molar-refractivity contribution in [1.29, 1.82) is 0 Å². The summed E-state index contributed by atoms with van der Waals surface area (Å²) in [5.41, 5.74) is 0. The largest absolute Gasteiger partial charge is 0.466 e. The summed E-state index contributed by atoms with van der Waals surface area (Å²) in [6, 6.07) is -0.547. The number of esters is 1. The van der Waals surface area contributed by atoms with Crippen LogP contribution < -0.4 is 5.32 Å². The molecule has 65 heavy (non-hydrogen) atoms. The van der Waals surface area contributed by atoms with E-state index >= 15 is 0 Å². The lowest BCUT2D eigenvalue weighted by atomic mass is 10.0. The average molecular weight is 917 g/mol. The van der Waals surface area contributed by atoms with Gasteiger partial charge in [-0.2, -0.15) is 0 Å². The van der Waals surface area contributed by atoms with Gasteiger partial charge >= 0.3 is 5.97 Å². The molecule has 3 N–H and O–H groups in total. The molecule has 0 aliphatic rings. The zero-order valence-electron chi connectivity index (χ0n) is 43.7. The molecule has 0 aromatic rings. The van der Waals surface area contributed by atoms with Gasteiger partial charge in [-0.05, 0) is 57.8 Å². The first kappa shape index (κ1) is 63.3. The van der Waals surface area contributed by atoms with Gasteiger partial charge < -0.3 is 20.3 Å². The van der Waals surface area contributed by atoms with Crippen LogP contribution in [0.4, 0.5) is 0 Å². The molecule has 0 saturated carbocycles. The molecule has 0 heterocycles. The van der Waals surface area contributed by atoms with Crippen molar-refractivity contribution in [2.45, 2.75) is 328 Å². The lowest BCUT2D eigenvalue weighted by Crippen LogP contribution is -2.45. The van der Waals surface area contributed by atoms with Gasteiger partial charge in [-0.15, -0.1) is 0 Å². The van der Waals surface area contributed by atoms with Crippen LogP contribution in [0.15, 0.2) is 24.3 Å². The van der Waals surface area contributed by atoms with Crippen molar-refractivity contribution < 1.29 is 24.5 Å². The molecule has 1 amide bonds. The van der Waals surface area contributed by atoms with E-state index < -0.39 is 12.1 Å². The van der Waals surface area contributed by atoms with E-state index in [-0.39, 0.29) is 18.5 Å². The van der Waals surface area contributed by atoms with Crippen LogP contribution in [-0.2, 0) is 14.3 Å². The molecule has 0 rings (SSSR count). The van der Waals surface area contributed by atoms with Gasteiger partial charge in [-0.25, -0.2) is 0 Å². The number of aliphatic hydroxyl groups is 2. The average Bonchev–Trinajstić information content (AvgIpc) is 3.31. The van der Waals surface area contributed by atoms with Crippen molar-refractivity contribution in [2.75, 3.05) is 13.2 Å². The maximum Gasteiger partial charge on any atom is 0.305 e. The molecule has 0 fully saturated rings. The zero-order valence-corrected chi connectivity index (χ0v) is 43.7. The fourth-order valence-corrected chi connectivity index (χ4v) is 9.02. The molecule has 384 valence electrons. The molecule has 2 atom stereocenters. The fourth-order valence-electron chi connectivity index (χ4n) is 9.02. The molecule has 0 saturated heterocycles. The standard InChI is InChI=1S/C59H113NO5/c1-3-5-7-9-11-13-15-17-19-23-27-31-35-39-43-47-51-57(62)56(55-61)60-58(63)52-48-44-40-36-32-28-24-21-22-26-30-34-38-42-46-50-54-65-59(64)53-49-45-41-37-33-29-25-20-18-16-14-12-10-8-6-4-2/h14,16,20,25,56-57,61-62H,3-13,15,17-19,21-24,26-55H2,1-2H3,(H,60,63)/b16-14-,25-20-. The van der Waals surface area contributed by atoms with E-state index in [9.17, 15) is 19.8 Å². The van der Waals surface area contributed by atoms with E-state index in [1.807, 2.05) is 0 Å². The van der Waals surface area contributed by atoms with Crippen molar-refractivity contribution in [2.24, 2.45) is 0 Å². The van der Waals surface area contributed by atoms with Gasteiger partial charge in [0.25, 0.3) is 0 Å². The molecule has 0 aliphatic heterocycles. The smallest absolute Gasteiger partial charge is 0.305 e. The Morgan fingerprint density at radius 1 is 0.431 bits per heavy atom. The summed E-state index contributed by atoms with van der Waals surface area (Å²) in [6.45, 7) is 4.93. The normalized spacial score (nSPS) is 12.7. The third-order valence-electron chi connectivity index (χ3n) is 13.5. The Hall–Kier alpha value is -1.66. The number of hydrogen-bond acceptors (Lipinski definition) is 5. The molecule has 0 bridgehead atoms. The number of allylic oxidation sites excluding steroid dienone is 4. The molecule has 0 radical (unpaired) electrons. The Labute approximate surface area is 405 Å². The number of amides is 1. The van der Waals surface area contributed by atoms with Crippen molar-refractivity contribution in [3.05, 3.63) is 24.3 Å². The van der Waals surface area contributed by atoms with Crippen LogP contribution >= 0.6 is 0 Å². The number of carbonyl (C=O) groups excluding carboxylic acids is 2. The Morgan fingerprint density at radius 3 is 1.18 bits per heavy atom. The van der Waals surface area contributed by atoms with E-state index in [1.54, 1.807) is 0 Å². The first-order valence-electron chi connectivity index (χ1n) is 29.1. The quantitative estimate of drug-likeness (QED) is 0.0321. The summed E-state index contributed by atoms with van der Waals surface area (Å²) in [5, 5.41) is 23.3. The second-order valence-electron chi connectivity index (χ2n) is 20.0. The van der Waals surface area contributed by atoms with E-state index in [1.165, 1.54) is 225 Å². The first-order chi connectivity index (χ1) is 32.0. The summed E-state index contributed by atoms with van der Waals surface area (Å²) in [4.78, 5) is 24.5. The Kier molecular flexibility index (Phi) is 53.5. The molecule has 2 unspecified atom stereocenters. The molecular formula is C59H113NO5. The van der Waals surface area contributed by atoms with Gasteiger partial charge in [0, 0.05) is 12.8 Å². The number of rotatable bonds is 54. The van der Waals surface area contributed by atoms with Gasteiger partial charge in [-0.3, -0.25) is 9.59 Å². The molecule has 6 nitrogen and oxygen atoms in total. The summed E-state index contributed by atoms with van der Waals surface area (Å²) in [7, 11) is 0. The van der Waals surface area contributed by atoms with Gasteiger partial charge in [0.1, 0.15) is 0 Å². The highest BCUT2D eigenvalue weighted by atomic mass is 16.5. The molecule has 6 heteroatoms. The Balaban J connectivity index is 3.43. The molecule has 0 spiro atoms. The van der Waals surface area contributed by atoms with Crippen molar-refractivity contribution in [3.8, 4) is 0 Å². The number of ether oxygens (including phenoxy) is 1. The SMILES string of the molecule is CCCCCC/C=C\C/C=C\CCCCCCCC(=O)OCCCCCCCCCCCCCCCCCCC(=O)NC(CO)C(O)CCCCCCCCCCCCCCCCCC. The Morgan fingerprint density at radius 2 is 0.769 bits per heavy atom. The highest BCUT2D eigenvalue weighted by molar-refractivity contribution is 5.76. The Bertz CT molecular complexity index is 1010. The zero-order chi connectivity index (χ0) is 47.2. The molecule has 0 aliphatic carbocycles. The summed E-state index contributed by atoms with van der Waals surface area (Å²) >= 11 is 0. The lowest BCUT2D eigenvalue weighted by molar-refractivity contribution is -0.143. The van der Waals surface area contributed by atoms with E-state index in [2.05, 4.69) is 43.5 Å². The van der Waals surface area contributed by atoms with Crippen molar-refractivity contribution in [3.63, 3.8) is 0 Å². The first-order valence-corrected chi connectivity index (χ1v) is 29.1. The van der Waals surface area contributed by atoms with Crippen LogP contribution in [0.3, 0.4) is 0 Å². The van der Waals surface area contributed by atoms with E-state index in [4.69, 9.17) is 4.74 Å². The molecule has 0 aromatic heterocycles. The van der Waals surface area contributed by atoms with Gasteiger partial charge in [0.2, 0.25) is 5.91 Å². The minimum Gasteiger partial charge on any atom is -0.466 e. The molecule has 0 aromatic carbocycles. The van der Waals surface area contributed by atoms with Crippen LogP contribution in [-0.4, -0.2) is 47.4 Å². The maximum absolute atomic E-state index is 12.5. The predicted molar refractivity (Wildman–Crippen MR) is 283 cm³/mol. The number of aliphatic hydroxyl groups excluding tert-OH is 2. The van der Waals surface area contributed by atoms with E-state index in [0.717, 1.165) is 57.8 Å². The van der Waals surface area contributed by atoms with Gasteiger partial charge in [0.05, 0.1) is 25.4 Å². The van der Waals surface area contributed by atoms with Crippen LogP contribution in [0.25, 0.3) is 0 Å². The minimum absolute atomic E-state index is 0.00986. The van der Waals surface area contributed by atoms with Crippen molar-refractivity contribution in [1.82, 2.24) is 5.32 Å². The topological polar surface area (TPSA) is 95.9 Å². The number of unbranched alkanes of at least 4 members (excludes halogenated alkanes) is 39. The lowest BCUT2D eigenvalue weighted by Gasteiger charge is -2.22. The van der Waals surface area contributed by atoms with Crippen molar-refractivity contribution >= 4 is 11.9 Å². The van der Waals surface area contributed by atoms with Gasteiger partial charge in [0.15, 0.2) is 0 Å². The minimum atomic E-state index is -0.669. The summed E-state index contributed by atoms with van der Waals surface area (Å²) in [5.74, 6) is -0.0503. The molecular weight excluding hydrogens is 803 g/mol. The second kappa shape index (κ2) is 54.9. The van der Waals surface area contributed by atoms with Crippen LogP contribution in [0.1, 0.15) is 316 Å². The number of carbonyl (C=O) groups is 2. The second-order valence-corrected chi connectivity index (χ2v) is 20.0. The van der Waals surface area contributed by atoms with E-state index in [0.29, 0.717) is 25.9 Å². The third-order valence-corrected chi connectivity index (χ3v) is 13.5. The predicted octanol–water partition coefficient (Wildman–Crippen LogP) is 17.9. The van der Waals surface area contributed by atoms with Crippen LogP contribution in [0.5, 0.6) is 0 Å². The monoisotopic (exact) mass is 916 g/mol. The van der Waals surface area contributed by atoms with Crippen LogP contribution in [0, 0.1) is 0 Å². The third kappa shape index (κ3) is 51.6. The van der Waals surface area contributed by atoms with Gasteiger partial charge in [-0.1, -0.05) is 269 Å². The number of nitrogens with one attached hydrogen (secondary N) is 1. The highest BCUT2D eigenvalue weighted by Gasteiger charge is 2.20.